The maximum absolute atomic E-state index is 12.3. The van der Waals surface area contributed by atoms with Gasteiger partial charge >= 0.3 is 0 Å². The van der Waals surface area contributed by atoms with E-state index in [4.69, 9.17) is 0 Å². The van der Waals surface area contributed by atoms with Crippen molar-refractivity contribution in [2.24, 2.45) is 0 Å². The third kappa shape index (κ3) is 3.37. The summed E-state index contributed by atoms with van der Waals surface area (Å²) in [6.07, 6.45) is 2.69. The molecular weight excluding hydrogens is 336 g/mol. The molecule has 2 aliphatic rings. The molecule has 1 aromatic carbocycles. The fourth-order valence-corrected chi connectivity index (χ4v) is 4.24. The summed E-state index contributed by atoms with van der Waals surface area (Å²) in [4.78, 5) is 31.1. The van der Waals surface area contributed by atoms with Crippen LogP contribution in [0.15, 0.2) is 29.6 Å². The summed E-state index contributed by atoms with van der Waals surface area (Å²) in [7, 11) is 0. The highest BCUT2D eigenvalue weighted by molar-refractivity contribution is 7.13. The Bertz CT molecular complexity index is 798. The molecule has 2 N–H and O–H groups in total. The van der Waals surface area contributed by atoms with E-state index in [-0.39, 0.29) is 24.3 Å². The van der Waals surface area contributed by atoms with Crippen molar-refractivity contribution in [1.82, 2.24) is 15.6 Å². The van der Waals surface area contributed by atoms with Crippen LogP contribution in [0.1, 0.15) is 46.9 Å². The van der Waals surface area contributed by atoms with E-state index < -0.39 is 0 Å². The molecule has 1 atom stereocenters. The van der Waals surface area contributed by atoms with Crippen LogP contribution in [0.5, 0.6) is 0 Å². The van der Waals surface area contributed by atoms with Crippen molar-refractivity contribution >= 4 is 28.3 Å². The second-order valence-electron chi connectivity index (χ2n) is 6.41. The smallest absolute Gasteiger partial charge is 0.252 e. The molecule has 1 fully saturated rings. The van der Waals surface area contributed by atoms with Crippen molar-refractivity contribution in [1.29, 1.82) is 0 Å². The van der Waals surface area contributed by atoms with Crippen molar-refractivity contribution in [2.75, 3.05) is 18.0 Å². The second-order valence-corrected chi connectivity index (χ2v) is 7.25. The van der Waals surface area contributed by atoms with Gasteiger partial charge in [-0.05, 0) is 24.5 Å². The number of benzene rings is 1. The minimum atomic E-state index is -0.251. The van der Waals surface area contributed by atoms with Gasteiger partial charge in [0, 0.05) is 24.0 Å². The Morgan fingerprint density at radius 2 is 2.12 bits per heavy atom. The van der Waals surface area contributed by atoms with Gasteiger partial charge in [0.05, 0.1) is 24.7 Å². The molecule has 4 rings (SSSR count). The number of fused-ring (bicyclic) bond motifs is 1. The lowest BCUT2D eigenvalue weighted by molar-refractivity contribution is -0.121. The first-order valence-electron chi connectivity index (χ1n) is 8.56. The lowest BCUT2D eigenvalue weighted by Crippen LogP contribution is -2.28. The zero-order valence-corrected chi connectivity index (χ0v) is 14.6. The normalized spacial score (nSPS) is 19.0. The summed E-state index contributed by atoms with van der Waals surface area (Å²) >= 11 is 1.63. The van der Waals surface area contributed by atoms with Gasteiger partial charge in [-0.25, -0.2) is 4.98 Å². The van der Waals surface area contributed by atoms with Gasteiger partial charge in [0.15, 0.2) is 5.13 Å². The average molecular weight is 356 g/mol. The summed E-state index contributed by atoms with van der Waals surface area (Å²) in [6, 6.07) is 7.16. The van der Waals surface area contributed by atoms with Gasteiger partial charge in [0.25, 0.3) is 5.91 Å². The number of hydrogen-bond donors (Lipinski definition) is 2. The minimum Gasteiger partial charge on any atom is -0.350 e. The van der Waals surface area contributed by atoms with Crippen LogP contribution in [0.25, 0.3) is 0 Å². The molecule has 0 radical (unpaired) electrons. The molecular formula is C18H20N4O2S. The standard InChI is InChI=1S/C18H20N4O2S/c23-16(9-15-13-5-1-2-6-14(13)17(24)21-15)19-10-12-11-25-18(20-12)22-7-3-4-8-22/h1-2,5-6,11,15H,3-4,7-10H2,(H,19,23)(H,21,24). The summed E-state index contributed by atoms with van der Waals surface area (Å²) < 4.78 is 0. The SMILES string of the molecule is O=C(CC1NC(=O)c2ccccc21)NCc1csc(N2CCCC2)n1. The number of carbonyl (C=O) groups excluding carboxylic acids is 2. The molecule has 130 valence electrons. The summed E-state index contributed by atoms with van der Waals surface area (Å²) in [5, 5.41) is 8.82. The number of nitrogens with one attached hydrogen (secondary N) is 2. The molecule has 1 aromatic heterocycles. The van der Waals surface area contributed by atoms with Crippen LogP contribution in [0.3, 0.4) is 0 Å². The molecule has 0 saturated carbocycles. The van der Waals surface area contributed by atoms with Crippen LogP contribution in [0.4, 0.5) is 5.13 Å². The number of thiazole rings is 1. The predicted molar refractivity (Wildman–Crippen MR) is 96.7 cm³/mol. The molecule has 7 heteroatoms. The van der Waals surface area contributed by atoms with Gasteiger partial charge in [0.2, 0.25) is 5.91 Å². The van der Waals surface area contributed by atoms with E-state index in [1.54, 1.807) is 17.4 Å². The van der Waals surface area contributed by atoms with E-state index in [0.29, 0.717) is 12.1 Å². The predicted octanol–water partition coefficient (Wildman–Crippen LogP) is 2.23. The molecule has 1 unspecified atom stereocenters. The Labute approximate surface area is 150 Å². The second kappa shape index (κ2) is 6.84. The quantitative estimate of drug-likeness (QED) is 0.862. The number of carbonyl (C=O) groups is 2. The lowest BCUT2D eigenvalue weighted by Gasteiger charge is -2.12. The lowest BCUT2D eigenvalue weighted by atomic mass is 10.0. The minimum absolute atomic E-state index is 0.0854. The number of anilines is 1. The highest BCUT2D eigenvalue weighted by atomic mass is 32.1. The first-order chi connectivity index (χ1) is 12.2. The number of amides is 2. The number of rotatable bonds is 5. The third-order valence-corrected chi connectivity index (χ3v) is 5.61. The largest absolute Gasteiger partial charge is 0.350 e. The zero-order chi connectivity index (χ0) is 17.2. The van der Waals surface area contributed by atoms with Crippen molar-refractivity contribution < 1.29 is 9.59 Å². The van der Waals surface area contributed by atoms with E-state index >= 15 is 0 Å². The van der Waals surface area contributed by atoms with E-state index in [1.807, 2.05) is 23.6 Å². The van der Waals surface area contributed by atoms with Gasteiger partial charge in [-0.3, -0.25) is 9.59 Å². The highest BCUT2D eigenvalue weighted by Gasteiger charge is 2.29. The van der Waals surface area contributed by atoms with E-state index in [2.05, 4.69) is 20.5 Å². The van der Waals surface area contributed by atoms with Gasteiger partial charge in [-0.15, -0.1) is 11.3 Å². The summed E-state index contributed by atoms with van der Waals surface area (Å²) in [5.74, 6) is -0.194. The maximum Gasteiger partial charge on any atom is 0.252 e. The average Bonchev–Trinajstić information content (AvgIpc) is 3.34. The van der Waals surface area contributed by atoms with Crippen molar-refractivity contribution in [2.45, 2.75) is 31.8 Å². The van der Waals surface area contributed by atoms with Crippen LogP contribution >= 0.6 is 11.3 Å². The van der Waals surface area contributed by atoms with Gasteiger partial charge < -0.3 is 15.5 Å². The third-order valence-electron chi connectivity index (χ3n) is 4.66. The molecule has 1 saturated heterocycles. The molecule has 25 heavy (non-hydrogen) atoms. The van der Waals surface area contributed by atoms with E-state index in [1.165, 1.54) is 12.8 Å². The Morgan fingerprint density at radius 3 is 2.96 bits per heavy atom. The topological polar surface area (TPSA) is 74.3 Å². The summed E-state index contributed by atoms with van der Waals surface area (Å²) in [6.45, 7) is 2.56. The van der Waals surface area contributed by atoms with E-state index in [9.17, 15) is 9.59 Å². The number of aromatic nitrogens is 1. The van der Waals surface area contributed by atoms with Crippen LogP contribution in [-0.2, 0) is 11.3 Å². The van der Waals surface area contributed by atoms with Crippen LogP contribution in [0.2, 0.25) is 0 Å². The van der Waals surface area contributed by atoms with Crippen molar-refractivity contribution in [3.05, 3.63) is 46.5 Å². The highest BCUT2D eigenvalue weighted by Crippen LogP contribution is 2.27. The van der Waals surface area contributed by atoms with Crippen LogP contribution in [0, 0.1) is 0 Å². The summed E-state index contributed by atoms with van der Waals surface area (Å²) in [5.41, 5.74) is 2.44. The Morgan fingerprint density at radius 1 is 1.32 bits per heavy atom. The van der Waals surface area contributed by atoms with E-state index in [0.717, 1.165) is 29.5 Å². The monoisotopic (exact) mass is 356 g/mol. The fourth-order valence-electron chi connectivity index (χ4n) is 3.36. The van der Waals surface area contributed by atoms with Crippen molar-refractivity contribution in [3.63, 3.8) is 0 Å². The van der Waals surface area contributed by atoms with Gasteiger partial charge in [-0.2, -0.15) is 0 Å². The first-order valence-corrected chi connectivity index (χ1v) is 9.44. The number of hydrogen-bond acceptors (Lipinski definition) is 5. The molecule has 0 bridgehead atoms. The Balaban J connectivity index is 1.32. The fraction of sp³-hybridized carbons (Fsp3) is 0.389. The molecule has 2 aromatic rings. The Kier molecular flexibility index (Phi) is 4.40. The Hall–Kier alpha value is -2.41. The molecule has 2 amide bonds. The number of nitrogens with zero attached hydrogens (tertiary/aromatic N) is 2. The van der Waals surface area contributed by atoms with Crippen LogP contribution in [-0.4, -0.2) is 29.9 Å². The van der Waals surface area contributed by atoms with Gasteiger partial charge in [0.1, 0.15) is 0 Å². The first kappa shape index (κ1) is 16.1. The molecule has 6 nitrogen and oxygen atoms in total. The molecule has 0 aliphatic carbocycles. The van der Waals surface area contributed by atoms with Crippen LogP contribution < -0.4 is 15.5 Å². The van der Waals surface area contributed by atoms with Crippen molar-refractivity contribution in [3.8, 4) is 0 Å². The van der Waals surface area contributed by atoms with Gasteiger partial charge in [-0.1, -0.05) is 18.2 Å². The zero-order valence-electron chi connectivity index (χ0n) is 13.8. The molecule has 0 spiro atoms. The molecule has 3 heterocycles. The maximum atomic E-state index is 12.3. The molecule has 2 aliphatic heterocycles.